The number of rotatable bonds is 4. The zero-order valence-electron chi connectivity index (χ0n) is 17.2. The predicted octanol–water partition coefficient (Wildman–Crippen LogP) is 2.64. The number of hydrogen-bond donors (Lipinski definition) is 1. The molecule has 0 radical (unpaired) electrons. The maximum atomic E-state index is 13.0. The zero-order valence-corrected chi connectivity index (χ0v) is 17.2. The van der Waals surface area contributed by atoms with Crippen LogP contribution in [0.3, 0.4) is 0 Å². The molecule has 1 fully saturated rings. The number of ether oxygens (including phenoxy) is 3. The molecule has 2 aromatic carbocycles. The number of amides is 2. The van der Waals surface area contributed by atoms with Gasteiger partial charge in [-0.25, -0.2) is 0 Å². The summed E-state index contributed by atoms with van der Waals surface area (Å²) < 4.78 is 17.0. The van der Waals surface area contributed by atoms with E-state index in [0.29, 0.717) is 48.7 Å². The van der Waals surface area contributed by atoms with Crippen molar-refractivity contribution in [3.05, 3.63) is 54.1 Å². The van der Waals surface area contributed by atoms with Crippen molar-refractivity contribution in [3.63, 3.8) is 0 Å². The van der Waals surface area contributed by atoms with Gasteiger partial charge in [0.2, 0.25) is 6.10 Å². The predicted molar refractivity (Wildman–Crippen MR) is 111 cm³/mol. The highest BCUT2D eigenvalue weighted by atomic mass is 16.6. The first kappa shape index (κ1) is 20.1. The molecular formula is C23H26N2O5. The van der Waals surface area contributed by atoms with E-state index in [9.17, 15) is 9.59 Å². The number of carbonyl (C=O) groups is 2. The van der Waals surface area contributed by atoms with Crippen molar-refractivity contribution in [2.24, 2.45) is 0 Å². The highest BCUT2D eigenvalue weighted by Gasteiger charge is 2.38. The molecular weight excluding hydrogens is 384 g/mol. The fraction of sp³-hybridized carbons (Fsp3) is 0.391. The summed E-state index contributed by atoms with van der Waals surface area (Å²) in [4.78, 5) is 27.3. The lowest BCUT2D eigenvalue weighted by Gasteiger charge is -2.37. The second kappa shape index (κ2) is 8.65. The van der Waals surface area contributed by atoms with E-state index < -0.39 is 6.10 Å². The lowest BCUT2D eigenvalue weighted by atomic mass is 10.0. The fourth-order valence-corrected chi connectivity index (χ4v) is 3.85. The number of likely N-dealkylation sites (tertiary alicyclic amines) is 1. The van der Waals surface area contributed by atoms with Gasteiger partial charge in [-0.2, -0.15) is 0 Å². The summed E-state index contributed by atoms with van der Waals surface area (Å²) in [5.41, 5.74) is 0.563. The minimum absolute atomic E-state index is 0.0226. The Kier molecular flexibility index (Phi) is 5.79. The van der Waals surface area contributed by atoms with Gasteiger partial charge in [-0.15, -0.1) is 0 Å². The van der Waals surface area contributed by atoms with E-state index >= 15 is 0 Å². The molecule has 2 amide bonds. The molecule has 7 heteroatoms. The van der Waals surface area contributed by atoms with Crippen molar-refractivity contribution in [1.29, 1.82) is 0 Å². The Morgan fingerprint density at radius 3 is 2.43 bits per heavy atom. The third-order valence-corrected chi connectivity index (χ3v) is 5.56. The highest BCUT2D eigenvalue weighted by Crippen LogP contribution is 2.34. The minimum Gasteiger partial charge on any atom is -0.497 e. The van der Waals surface area contributed by atoms with Crippen LogP contribution in [0.4, 0.5) is 0 Å². The van der Waals surface area contributed by atoms with Crippen LogP contribution in [0.1, 0.15) is 30.1 Å². The number of para-hydroxylation sites is 2. The highest BCUT2D eigenvalue weighted by molar-refractivity contribution is 5.94. The second-order valence-electron chi connectivity index (χ2n) is 7.61. The maximum Gasteiger partial charge on any atom is 0.267 e. The van der Waals surface area contributed by atoms with Crippen LogP contribution in [0.5, 0.6) is 17.2 Å². The molecule has 1 saturated heterocycles. The van der Waals surface area contributed by atoms with E-state index in [4.69, 9.17) is 14.2 Å². The van der Waals surface area contributed by atoms with E-state index in [1.54, 1.807) is 36.3 Å². The molecule has 2 heterocycles. The van der Waals surface area contributed by atoms with Gasteiger partial charge in [0.25, 0.3) is 11.8 Å². The van der Waals surface area contributed by atoms with E-state index in [-0.39, 0.29) is 24.0 Å². The molecule has 2 unspecified atom stereocenters. The first-order valence-corrected chi connectivity index (χ1v) is 10.2. The monoisotopic (exact) mass is 410 g/mol. The van der Waals surface area contributed by atoms with E-state index in [1.165, 1.54) is 0 Å². The van der Waals surface area contributed by atoms with Gasteiger partial charge in [0, 0.05) is 24.7 Å². The summed E-state index contributed by atoms with van der Waals surface area (Å²) in [6.07, 6.45) is 0.362. The quantitative estimate of drug-likeness (QED) is 0.839. The third-order valence-electron chi connectivity index (χ3n) is 5.56. The van der Waals surface area contributed by atoms with Crippen molar-refractivity contribution in [2.75, 3.05) is 20.2 Å². The molecule has 0 saturated carbocycles. The maximum absolute atomic E-state index is 13.0. The molecule has 30 heavy (non-hydrogen) atoms. The molecule has 0 aromatic heterocycles. The summed E-state index contributed by atoms with van der Waals surface area (Å²) in [7, 11) is 1.57. The van der Waals surface area contributed by atoms with Gasteiger partial charge in [0.05, 0.1) is 7.11 Å². The Labute approximate surface area is 175 Å². The van der Waals surface area contributed by atoms with Gasteiger partial charge in [0.1, 0.15) is 11.9 Å². The van der Waals surface area contributed by atoms with E-state index in [1.807, 2.05) is 31.2 Å². The average Bonchev–Trinajstić information content (AvgIpc) is 2.78. The van der Waals surface area contributed by atoms with Gasteiger partial charge < -0.3 is 24.4 Å². The Bertz CT molecular complexity index is 923. The summed E-state index contributed by atoms with van der Waals surface area (Å²) in [5.74, 6) is 1.69. The fourth-order valence-electron chi connectivity index (χ4n) is 3.85. The van der Waals surface area contributed by atoms with Crippen LogP contribution in [0.25, 0.3) is 0 Å². The number of nitrogens with one attached hydrogen (secondary N) is 1. The minimum atomic E-state index is -0.664. The van der Waals surface area contributed by atoms with E-state index in [2.05, 4.69) is 5.32 Å². The molecule has 7 nitrogen and oxygen atoms in total. The van der Waals surface area contributed by atoms with Gasteiger partial charge >= 0.3 is 0 Å². The summed E-state index contributed by atoms with van der Waals surface area (Å²) >= 11 is 0. The first-order valence-electron chi connectivity index (χ1n) is 10.2. The number of fused-ring (bicyclic) bond motifs is 1. The first-order chi connectivity index (χ1) is 14.5. The molecule has 4 rings (SSSR count). The van der Waals surface area contributed by atoms with Crippen LogP contribution in [-0.2, 0) is 4.79 Å². The molecule has 0 aliphatic carbocycles. The Balaban J connectivity index is 1.32. The summed E-state index contributed by atoms with van der Waals surface area (Å²) in [5, 5.41) is 3.06. The lowest BCUT2D eigenvalue weighted by Crippen LogP contribution is -2.54. The third kappa shape index (κ3) is 4.20. The van der Waals surface area contributed by atoms with Gasteiger partial charge in [-0.1, -0.05) is 18.2 Å². The largest absolute Gasteiger partial charge is 0.497 e. The summed E-state index contributed by atoms with van der Waals surface area (Å²) in [6, 6.07) is 14.5. The van der Waals surface area contributed by atoms with Crippen LogP contribution < -0.4 is 19.5 Å². The summed E-state index contributed by atoms with van der Waals surface area (Å²) in [6.45, 7) is 2.98. The van der Waals surface area contributed by atoms with Crippen LogP contribution in [0.15, 0.2) is 48.5 Å². The number of methoxy groups -OCH3 is 1. The molecule has 2 aromatic rings. The molecule has 0 spiro atoms. The zero-order chi connectivity index (χ0) is 21.1. The van der Waals surface area contributed by atoms with Crippen LogP contribution in [0, 0.1) is 0 Å². The van der Waals surface area contributed by atoms with Crippen molar-refractivity contribution >= 4 is 11.8 Å². The van der Waals surface area contributed by atoms with Gasteiger partial charge in [-0.05, 0) is 50.1 Å². The topological polar surface area (TPSA) is 77.1 Å². The smallest absolute Gasteiger partial charge is 0.267 e. The molecule has 1 N–H and O–H groups in total. The van der Waals surface area contributed by atoms with Crippen LogP contribution >= 0.6 is 0 Å². The standard InChI is InChI=1S/C23H26N2O5/c1-15-21(30-20-9-4-3-8-19(20)29-15)23(27)25-12-10-17(11-13-25)24-22(26)16-6-5-7-18(14-16)28-2/h3-9,14-15,17,21H,10-13H2,1-2H3,(H,24,26). The van der Waals surface area contributed by atoms with Gasteiger partial charge in [0.15, 0.2) is 11.5 Å². The van der Waals surface area contributed by atoms with E-state index in [0.717, 1.165) is 0 Å². The normalized spacial score (nSPS) is 21.1. The number of benzene rings is 2. The Morgan fingerprint density at radius 1 is 1.03 bits per heavy atom. The molecule has 2 aliphatic heterocycles. The van der Waals surface area contributed by atoms with Crippen molar-refractivity contribution in [2.45, 2.75) is 38.0 Å². The SMILES string of the molecule is COc1cccc(C(=O)NC2CCN(C(=O)C3Oc4ccccc4OC3C)CC2)c1. The second-order valence-corrected chi connectivity index (χ2v) is 7.61. The molecule has 0 bridgehead atoms. The Hall–Kier alpha value is -3.22. The average molecular weight is 410 g/mol. The Morgan fingerprint density at radius 2 is 1.73 bits per heavy atom. The molecule has 158 valence electrons. The number of piperidine rings is 1. The lowest BCUT2D eigenvalue weighted by molar-refractivity contribution is -0.145. The van der Waals surface area contributed by atoms with Gasteiger partial charge in [-0.3, -0.25) is 9.59 Å². The number of nitrogens with zero attached hydrogens (tertiary/aromatic N) is 1. The van der Waals surface area contributed by atoms with Crippen LogP contribution in [-0.4, -0.2) is 55.2 Å². The van der Waals surface area contributed by atoms with Crippen molar-refractivity contribution in [3.8, 4) is 17.2 Å². The van der Waals surface area contributed by atoms with Crippen molar-refractivity contribution < 1.29 is 23.8 Å². The number of carbonyl (C=O) groups excluding carboxylic acids is 2. The number of hydrogen-bond acceptors (Lipinski definition) is 5. The van der Waals surface area contributed by atoms with Crippen molar-refractivity contribution in [1.82, 2.24) is 10.2 Å². The molecule has 2 aliphatic rings. The van der Waals surface area contributed by atoms with Crippen LogP contribution in [0.2, 0.25) is 0 Å². The molecule has 2 atom stereocenters.